The van der Waals surface area contributed by atoms with E-state index in [4.69, 9.17) is 0 Å². The second-order valence-corrected chi connectivity index (χ2v) is 6.54. The van der Waals surface area contributed by atoms with Crippen molar-refractivity contribution in [2.24, 2.45) is 0 Å². The van der Waals surface area contributed by atoms with Gasteiger partial charge < -0.3 is 20.2 Å². The molecule has 2 fully saturated rings. The lowest BCUT2D eigenvalue weighted by molar-refractivity contribution is -0.132. The molecular weight excluding hydrogens is 254 g/mol. The minimum absolute atomic E-state index is 0.173. The quantitative estimate of drug-likeness (QED) is 0.768. The second kappa shape index (κ2) is 7.38. The molecular formula is C15H29N3O2. The summed E-state index contributed by atoms with van der Waals surface area (Å²) in [4.78, 5) is 16.4. The van der Waals surface area contributed by atoms with E-state index in [9.17, 15) is 9.90 Å². The smallest absolute Gasteiger partial charge is 0.223 e. The molecule has 0 aliphatic carbocycles. The number of β-amino-alcohol motifs (C(OH)–C–C–N with tert-alkyl or cyclic N) is 1. The van der Waals surface area contributed by atoms with E-state index in [2.05, 4.69) is 10.2 Å². The van der Waals surface area contributed by atoms with Crippen LogP contribution in [0.2, 0.25) is 0 Å². The Morgan fingerprint density at radius 2 is 2.20 bits per heavy atom. The maximum absolute atomic E-state index is 12.4. The molecule has 0 saturated carbocycles. The number of amides is 1. The van der Waals surface area contributed by atoms with E-state index in [1.54, 1.807) is 0 Å². The van der Waals surface area contributed by atoms with Gasteiger partial charge in [0.05, 0.1) is 6.10 Å². The van der Waals surface area contributed by atoms with Gasteiger partial charge in [0, 0.05) is 31.6 Å². The molecule has 20 heavy (non-hydrogen) atoms. The lowest BCUT2D eigenvalue weighted by atomic mass is 10.0. The summed E-state index contributed by atoms with van der Waals surface area (Å²) in [7, 11) is 4.03. The van der Waals surface area contributed by atoms with E-state index >= 15 is 0 Å². The summed E-state index contributed by atoms with van der Waals surface area (Å²) >= 11 is 0. The largest absolute Gasteiger partial charge is 0.391 e. The Morgan fingerprint density at radius 1 is 1.40 bits per heavy atom. The van der Waals surface area contributed by atoms with E-state index in [1.807, 2.05) is 19.0 Å². The predicted molar refractivity (Wildman–Crippen MR) is 79.6 cm³/mol. The van der Waals surface area contributed by atoms with Crippen LogP contribution in [0.3, 0.4) is 0 Å². The van der Waals surface area contributed by atoms with E-state index in [1.165, 1.54) is 19.3 Å². The number of likely N-dealkylation sites (tertiary alicyclic amines) is 1. The highest BCUT2D eigenvalue weighted by atomic mass is 16.3. The van der Waals surface area contributed by atoms with Crippen molar-refractivity contribution in [3.63, 3.8) is 0 Å². The molecule has 116 valence electrons. The van der Waals surface area contributed by atoms with Gasteiger partial charge >= 0.3 is 0 Å². The summed E-state index contributed by atoms with van der Waals surface area (Å²) in [5, 5.41) is 13.3. The van der Waals surface area contributed by atoms with Crippen LogP contribution in [0.1, 0.15) is 38.5 Å². The number of aliphatic hydroxyl groups is 1. The fourth-order valence-electron chi connectivity index (χ4n) is 3.40. The van der Waals surface area contributed by atoms with E-state index < -0.39 is 0 Å². The minimum atomic E-state index is -0.350. The Morgan fingerprint density at radius 3 is 2.85 bits per heavy atom. The first-order chi connectivity index (χ1) is 9.56. The zero-order valence-corrected chi connectivity index (χ0v) is 12.8. The monoisotopic (exact) mass is 283 g/mol. The van der Waals surface area contributed by atoms with Gasteiger partial charge in [0.25, 0.3) is 0 Å². The molecule has 0 bridgehead atoms. The number of aliphatic hydroxyl groups excluding tert-OH is 1. The fraction of sp³-hybridized carbons (Fsp3) is 0.933. The average Bonchev–Trinajstić information content (AvgIpc) is 2.77. The van der Waals surface area contributed by atoms with Crippen LogP contribution >= 0.6 is 0 Å². The molecule has 3 unspecified atom stereocenters. The predicted octanol–water partition coefficient (Wildman–Crippen LogP) is 0.432. The number of piperidine rings is 1. The van der Waals surface area contributed by atoms with Gasteiger partial charge in [0.2, 0.25) is 5.91 Å². The summed E-state index contributed by atoms with van der Waals surface area (Å²) in [6.07, 6.45) is 5.62. The van der Waals surface area contributed by atoms with Gasteiger partial charge in [0.15, 0.2) is 0 Å². The van der Waals surface area contributed by atoms with Crippen LogP contribution in [-0.4, -0.2) is 72.7 Å². The molecule has 2 aliphatic rings. The minimum Gasteiger partial charge on any atom is -0.391 e. The molecule has 0 aromatic heterocycles. The van der Waals surface area contributed by atoms with E-state index in [0.29, 0.717) is 25.4 Å². The second-order valence-electron chi connectivity index (χ2n) is 6.54. The zero-order valence-electron chi connectivity index (χ0n) is 12.8. The number of likely N-dealkylation sites (N-methyl/N-ethyl adjacent to an activating group) is 1. The number of hydrogen-bond acceptors (Lipinski definition) is 4. The van der Waals surface area contributed by atoms with Crippen molar-refractivity contribution in [2.45, 2.75) is 56.7 Å². The SMILES string of the molecule is CN(C)CC1CC(O)CN1C(=O)CCC1CCCCN1. The molecule has 5 heteroatoms. The van der Waals surface area contributed by atoms with Crippen molar-refractivity contribution in [1.82, 2.24) is 15.1 Å². The molecule has 5 nitrogen and oxygen atoms in total. The number of nitrogens with zero attached hydrogens (tertiary/aromatic N) is 2. The van der Waals surface area contributed by atoms with Crippen molar-refractivity contribution in [1.29, 1.82) is 0 Å². The third-order valence-electron chi connectivity index (χ3n) is 4.41. The number of carbonyl (C=O) groups excluding carboxylic acids is 1. The van der Waals surface area contributed by atoms with Crippen LogP contribution in [0.25, 0.3) is 0 Å². The van der Waals surface area contributed by atoms with Gasteiger partial charge in [-0.2, -0.15) is 0 Å². The highest BCUT2D eigenvalue weighted by Gasteiger charge is 2.34. The molecule has 0 radical (unpaired) electrons. The molecule has 0 spiro atoms. The molecule has 2 saturated heterocycles. The topological polar surface area (TPSA) is 55.8 Å². The lowest BCUT2D eigenvalue weighted by Crippen LogP contribution is -2.42. The van der Waals surface area contributed by atoms with Crippen LogP contribution in [0, 0.1) is 0 Å². The standard InChI is InChI=1S/C15H29N3O2/c1-17(2)10-13-9-14(19)11-18(13)15(20)7-6-12-5-3-4-8-16-12/h12-14,16,19H,3-11H2,1-2H3. The summed E-state index contributed by atoms with van der Waals surface area (Å²) in [6, 6.07) is 0.680. The summed E-state index contributed by atoms with van der Waals surface area (Å²) in [5.41, 5.74) is 0. The number of nitrogens with one attached hydrogen (secondary N) is 1. The van der Waals surface area contributed by atoms with Crippen molar-refractivity contribution >= 4 is 5.91 Å². The van der Waals surface area contributed by atoms with E-state index in [-0.39, 0.29) is 18.1 Å². The Labute approximate surface area is 122 Å². The third-order valence-corrected chi connectivity index (χ3v) is 4.41. The molecule has 0 aromatic rings. The van der Waals surface area contributed by atoms with Gasteiger partial charge in [-0.1, -0.05) is 6.42 Å². The van der Waals surface area contributed by atoms with Gasteiger partial charge in [-0.3, -0.25) is 4.79 Å². The maximum atomic E-state index is 12.4. The zero-order chi connectivity index (χ0) is 14.5. The van der Waals surface area contributed by atoms with Crippen molar-refractivity contribution in [2.75, 3.05) is 33.7 Å². The van der Waals surface area contributed by atoms with Crippen LogP contribution in [0.4, 0.5) is 0 Å². The Kier molecular flexibility index (Phi) is 5.81. The average molecular weight is 283 g/mol. The maximum Gasteiger partial charge on any atom is 0.223 e. The summed E-state index contributed by atoms with van der Waals surface area (Å²) in [5.74, 6) is 0.209. The van der Waals surface area contributed by atoms with Gasteiger partial charge in [-0.25, -0.2) is 0 Å². The van der Waals surface area contributed by atoms with Gasteiger partial charge in [0.1, 0.15) is 0 Å². The highest BCUT2D eigenvalue weighted by Crippen LogP contribution is 2.21. The molecule has 0 aromatic carbocycles. The van der Waals surface area contributed by atoms with E-state index in [0.717, 1.165) is 19.5 Å². The van der Waals surface area contributed by atoms with Crippen LogP contribution in [0.15, 0.2) is 0 Å². The molecule has 2 aliphatic heterocycles. The molecule has 3 atom stereocenters. The summed E-state index contributed by atoms with van der Waals surface area (Å²) in [6.45, 7) is 2.43. The Balaban J connectivity index is 1.80. The Bertz CT molecular complexity index is 316. The molecule has 2 heterocycles. The van der Waals surface area contributed by atoms with Crippen molar-refractivity contribution < 1.29 is 9.90 Å². The fourth-order valence-corrected chi connectivity index (χ4v) is 3.40. The van der Waals surface area contributed by atoms with Crippen LogP contribution in [-0.2, 0) is 4.79 Å². The number of hydrogen-bond donors (Lipinski definition) is 2. The highest BCUT2D eigenvalue weighted by molar-refractivity contribution is 5.77. The summed E-state index contributed by atoms with van der Waals surface area (Å²) < 4.78 is 0. The van der Waals surface area contributed by atoms with Gasteiger partial charge in [-0.15, -0.1) is 0 Å². The first-order valence-electron chi connectivity index (χ1n) is 7.92. The van der Waals surface area contributed by atoms with Gasteiger partial charge in [-0.05, 0) is 46.3 Å². The first kappa shape index (κ1) is 15.7. The van der Waals surface area contributed by atoms with Crippen molar-refractivity contribution in [3.05, 3.63) is 0 Å². The Hall–Kier alpha value is -0.650. The van der Waals surface area contributed by atoms with Crippen LogP contribution < -0.4 is 5.32 Å². The molecule has 2 rings (SSSR count). The molecule has 1 amide bonds. The molecule has 2 N–H and O–H groups in total. The number of carbonyl (C=O) groups is 1. The normalized spacial score (nSPS) is 31.0. The first-order valence-corrected chi connectivity index (χ1v) is 7.92. The number of rotatable bonds is 5. The lowest BCUT2D eigenvalue weighted by Gasteiger charge is -2.28. The third kappa shape index (κ3) is 4.43. The van der Waals surface area contributed by atoms with Crippen molar-refractivity contribution in [3.8, 4) is 0 Å². The van der Waals surface area contributed by atoms with Crippen LogP contribution in [0.5, 0.6) is 0 Å².